The van der Waals surface area contributed by atoms with Crippen LogP contribution in [0.25, 0.3) is 0 Å². The van der Waals surface area contributed by atoms with E-state index in [9.17, 15) is 4.79 Å². The Kier molecular flexibility index (Phi) is 2.76. The highest BCUT2D eigenvalue weighted by molar-refractivity contribution is 5.91. The Hall–Kier alpha value is -1.25. The summed E-state index contributed by atoms with van der Waals surface area (Å²) in [5, 5.41) is 2.53. The number of hydrogen-bond donors (Lipinski definition) is 1. The smallest absolute Gasteiger partial charge is 0.286 e. The summed E-state index contributed by atoms with van der Waals surface area (Å²) in [7, 11) is 1.59. The maximum atomic E-state index is 11.2. The Balaban J connectivity index is 3.02. The van der Waals surface area contributed by atoms with Crippen LogP contribution in [0.5, 0.6) is 0 Å². The number of amides is 1. The monoisotopic (exact) mass is 181 g/mol. The van der Waals surface area contributed by atoms with Crippen molar-refractivity contribution < 1.29 is 9.21 Å². The van der Waals surface area contributed by atoms with Crippen LogP contribution in [0.1, 0.15) is 41.6 Å². The third kappa shape index (κ3) is 1.91. The van der Waals surface area contributed by atoms with Crippen LogP contribution in [0.15, 0.2) is 10.5 Å². The summed E-state index contributed by atoms with van der Waals surface area (Å²) in [4.78, 5) is 11.2. The van der Waals surface area contributed by atoms with Gasteiger partial charge in [-0.2, -0.15) is 0 Å². The number of carbonyl (C=O) groups excluding carboxylic acids is 1. The molecule has 0 aliphatic carbocycles. The van der Waals surface area contributed by atoms with Crippen molar-refractivity contribution in [1.82, 2.24) is 5.32 Å². The van der Waals surface area contributed by atoms with Crippen LogP contribution in [-0.2, 0) is 0 Å². The zero-order chi connectivity index (χ0) is 10.0. The molecule has 72 valence electrons. The molecule has 0 bridgehead atoms. The molecular weight excluding hydrogens is 166 g/mol. The summed E-state index contributed by atoms with van der Waals surface area (Å²) in [5.41, 5.74) is 1.10. The number of nitrogens with one attached hydrogen (secondary N) is 1. The zero-order valence-corrected chi connectivity index (χ0v) is 8.47. The molecule has 1 amide bonds. The summed E-state index contributed by atoms with van der Waals surface area (Å²) >= 11 is 0. The third-order valence-electron chi connectivity index (χ3n) is 2.03. The van der Waals surface area contributed by atoms with Gasteiger partial charge in [-0.25, -0.2) is 0 Å². The molecule has 0 atom stereocenters. The van der Waals surface area contributed by atoms with Gasteiger partial charge in [0, 0.05) is 7.05 Å². The summed E-state index contributed by atoms with van der Waals surface area (Å²) in [5.74, 6) is 1.44. The Morgan fingerprint density at radius 1 is 1.54 bits per heavy atom. The molecule has 0 saturated heterocycles. The highest BCUT2D eigenvalue weighted by Crippen LogP contribution is 2.22. The van der Waals surface area contributed by atoms with Crippen molar-refractivity contribution in [2.45, 2.75) is 26.7 Å². The van der Waals surface area contributed by atoms with Crippen molar-refractivity contribution in [3.8, 4) is 0 Å². The Bertz CT molecular complexity index is 313. The molecule has 0 unspecified atom stereocenters. The fourth-order valence-electron chi connectivity index (χ4n) is 1.30. The van der Waals surface area contributed by atoms with Crippen LogP contribution < -0.4 is 5.32 Å². The molecule has 0 saturated carbocycles. The second-order valence-electron chi connectivity index (χ2n) is 3.36. The molecule has 0 fully saturated rings. The molecular formula is C10H15NO2. The van der Waals surface area contributed by atoms with Gasteiger partial charge in [0.2, 0.25) is 0 Å². The quantitative estimate of drug-likeness (QED) is 0.758. The zero-order valence-electron chi connectivity index (χ0n) is 8.47. The van der Waals surface area contributed by atoms with Crippen LogP contribution in [0.2, 0.25) is 0 Å². The maximum Gasteiger partial charge on any atom is 0.286 e. The molecule has 1 heterocycles. The molecule has 3 nitrogen and oxygen atoms in total. The van der Waals surface area contributed by atoms with E-state index in [1.807, 2.05) is 6.92 Å². The number of furan rings is 1. The van der Waals surface area contributed by atoms with Crippen molar-refractivity contribution in [3.05, 3.63) is 23.2 Å². The predicted octanol–water partition coefficient (Wildman–Crippen LogP) is 2.07. The summed E-state index contributed by atoms with van der Waals surface area (Å²) < 4.78 is 5.32. The number of aryl methyl sites for hydroxylation is 1. The number of hydrogen-bond acceptors (Lipinski definition) is 2. The summed E-state index contributed by atoms with van der Waals surface area (Å²) in [6.45, 7) is 6.03. The van der Waals surface area contributed by atoms with Crippen LogP contribution in [0, 0.1) is 6.92 Å². The molecule has 0 aliphatic heterocycles. The highest BCUT2D eigenvalue weighted by Gasteiger charge is 2.14. The van der Waals surface area contributed by atoms with E-state index in [2.05, 4.69) is 19.2 Å². The van der Waals surface area contributed by atoms with Gasteiger partial charge in [0.25, 0.3) is 5.91 Å². The van der Waals surface area contributed by atoms with E-state index in [0.29, 0.717) is 11.7 Å². The van der Waals surface area contributed by atoms with Gasteiger partial charge >= 0.3 is 0 Å². The van der Waals surface area contributed by atoms with Crippen molar-refractivity contribution in [2.24, 2.45) is 0 Å². The van der Waals surface area contributed by atoms with Gasteiger partial charge in [-0.15, -0.1) is 0 Å². The standard InChI is InChI=1S/C10H15NO2/c1-6(2)8-5-9(10(12)11-4)13-7(8)3/h5-6H,1-4H3,(H,11,12). The molecule has 3 heteroatoms. The van der Waals surface area contributed by atoms with Gasteiger partial charge in [0.05, 0.1) is 0 Å². The first-order chi connectivity index (χ1) is 6.06. The second kappa shape index (κ2) is 3.64. The topological polar surface area (TPSA) is 42.2 Å². The van der Waals surface area contributed by atoms with Crippen molar-refractivity contribution in [3.63, 3.8) is 0 Å². The highest BCUT2D eigenvalue weighted by atomic mass is 16.3. The lowest BCUT2D eigenvalue weighted by molar-refractivity contribution is 0.0934. The van der Waals surface area contributed by atoms with E-state index >= 15 is 0 Å². The predicted molar refractivity (Wildman–Crippen MR) is 50.9 cm³/mol. The Labute approximate surface area is 78.1 Å². The first-order valence-corrected chi connectivity index (χ1v) is 4.38. The van der Waals surface area contributed by atoms with Crippen molar-refractivity contribution >= 4 is 5.91 Å². The minimum Gasteiger partial charge on any atom is -0.456 e. The van der Waals surface area contributed by atoms with Gasteiger partial charge in [0.1, 0.15) is 5.76 Å². The summed E-state index contributed by atoms with van der Waals surface area (Å²) in [6, 6.07) is 1.80. The fourth-order valence-corrected chi connectivity index (χ4v) is 1.30. The second-order valence-corrected chi connectivity index (χ2v) is 3.36. The minimum atomic E-state index is -0.171. The van der Waals surface area contributed by atoms with E-state index < -0.39 is 0 Å². The lowest BCUT2D eigenvalue weighted by Gasteiger charge is -1.99. The molecule has 1 rings (SSSR count). The largest absolute Gasteiger partial charge is 0.456 e. The van der Waals surface area contributed by atoms with Crippen LogP contribution in [-0.4, -0.2) is 13.0 Å². The first-order valence-electron chi connectivity index (χ1n) is 4.38. The summed E-state index contributed by atoms with van der Waals surface area (Å²) in [6.07, 6.45) is 0. The Morgan fingerprint density at radius 2 is 2.15 bits per heavy atom. The van der Waals surface area contributed by atoms with Gasteiger partial charge in [-0.3, -0.25) is 4.79 Å². The van der Waals surface area contributed by atoms with Gasteiger partial charge in [-0.1, -0.05) is 13.8 Å². The molecule has 0 spiro atoms. The normalized spacial score (nSPS) is 10.5. The molecule has 1 aromatic rings. The van der Waals surface area contributed by atoms with Crippen molar-refractivity contribution in [1.29, 1.82) is 0 Å². The average molecular weight is 181 g/mol. The van der Waals surface area contributed by atoms with Crippen LogP contribution >= 0.6 is 0 Å². The fraction of sp³-hybridized carbons (Fsp3) is 0.500. The van der Waals surface area contributed by atoms with E-state index in [1.165, 1.54) is 0 Å². The lowest BCUT2D eigenvalue weighted by Crippen LogP contribution is -2.16. The molecule has 1 aromatic heterocycles. The van der Waals surface area contributed by atoms with Gasteiger partial charge < -0.3 is 9.73 Å². The average Bonchev–Trinajstić information content (AvgIpc) is 2.46. The number of carbonyl (C=O) groups is 1. The van der Waals surface area contributed by atoms with E-state index in [1.54, 1.807) is 13.1 Å². The van der Waals surface area contributed by atoms with Gasteiger partial charge in [-0.05, 0) is 24.5 Å². The molecule has 1 N–H and O–H groups in total. The van der Waals surface area contributed by atoms with Gasteiger partial charge in [0.15, 0.2) is 5.76 Å². The number of rotatable bonds is 2. The molecule has 0 aliphatic rings. The maximum absolute atomic E-state index is 11.2. The van der Waals surface area contributed by atoms with Crippen molar-refractivity contribution in [2.75, 3.05) is 7.05 Å². The van der Waals surface area contributed by atoms with E-state index in [0.717, 1.165) is 11.3 Å². The van der Waals surface area contributed by atoms with Crippen LogP contribution in [0.4, 0.5) is 0 Å². The SMILES string of the molecule is CNC(=O)c1cc(C(C)C)c(C)o1. The minimum absolute atomic E-state index is 0.171. The van der Waals surface area contributed by atoms with Crippen LogP contribution in [0.3, 0.4) is 0 Å². The molecule has 0 aromatic carbocycles. The van der Waals surface area contributed by atoms with E-state index in [4.69, 9.17) is 4.42 Å². The first kappa shape index (κ1) is 9.84. The third-order valence-corrected chi connectivity index (χ3v) is 2.03. The van der Waals surface area contributed by atoms with E-state index in [-0.39, 0.29) is 5.91 Å². The lowest BCUT2D eigenvalue weighted by atomic mass is 10.0. The molecule has 0 radical (unpaired) electrons. The molecule has 13 heavy (non-hydrogen) atoms. The Morgan fingerprint density at radius 3 is 2.54 bits per heavy atom.